The molecule has 2 nitrogen and oxygen atoms in total. The topological polar surface area (TPSA) is 24.7 Å². The first kappa shape index (κ1) is 5.38. The number of rotatable bonds is 1. The van der Waals surface area contributed by atoms with Crippen LogP contribution < -0.4 is 0 Å². The first-order valence-electron chi connectivity index (χ1n) is 2.48. The number of thiophene rings is 1. The summed E-state index contributed by atoms with van der Waals surface area (Å²) in [4.78, 5) is 1.00. The average molecular weight is 159 g/mol. The van der Waals surface area contributed by atoms with Crippen molar-refractivity contribution in [2.24, 2.45) is 10.2 Å². The zero-order valence-corrected chi connectivity index (χ0v) is 5.99. The lowest BCUT2D eigenvalue weighted by molar-refractivity contribution is 0.972. The molecule has 0 fully saturated rings. The van der Waals surface area contributed by atoms with Gasteiger partial charge in [-0.3, -0.25) is 0 Å². The Morgan fingerprint density at radius 2 is 2.33 bits per heavy atom. The van der Waals surface area contributed by atoms with E-state index in [-0.39, 0.29) is 0 Å². The van der Waals surface area contributed by atoms with Crippen LogP contribution in [0.4, 0.5) is 0 Å². The predicted octanol–water partition coefficient (Wildman–Crippen LogP) is 2.56. The van der Waals surface area contributed by atoms with Gasteiger partial charge < -0.3 is 0 Å². The summed E-state index contributed by atoms with van der Waals surface area (Å²) in [5.41, 5.74) is 0. The van der Waals surface area contributed by atoms with E-state index in [2.05, 4.69) is 10.2 Å². The van der Waals surface area contributed by atoms with E-state index in [4.69, 9.17) is 11.6 Å². The van der Waals surface area contributed by atoms with Crippen molar-refractivity contribution in [3.63, 3.8) is 0 Å². The molecule has 1 aliphatic heterocycles. The summed E-state index contributed by atoms with van der Waals surface area (Å²) in [6.07, 6.45) is 0. The van der Waals surface area contributed by atoms with Gasteiger partial charge in [0, 0.05) is 0 Å². The fourth-order valence-electron chi connectivity index (χ4n) is 0.602. The molecule has 0 atom stereocenters. The molecule has 0 saturated heterocycles. The van der Waals surface area contributed by atoms with E-state index >= 15 is 0 Å². The van der Waals surface area contributed by atoms with Gasteiger partial charge in [0.15, 0.2) is 0 Å². The molecule has 2 heterocycles. The van der Waals surface area contributed by atoms with Crippen LogP contribution in [0, 0.1) is 0 Å². The number of hydrogen-bond acceptors (Lipinski definition) is 3. The van der Waals surface area contributed by atoms with E-state index in [1.165, 1.54) is 0 Å². The predicted molar refractivity (Wildman–Crippen MR) is 36.7 cm³/mol. The molecule has 2 rings (SSSR count). The zero-order chi connectivity index (χ0) is 6.32. The highest BCUT2D eigenvalue weighted by atomic mass is 35.5. The van der Waals surface area contributed by atoms with Gasteiger partial charge >= 0.3 is 0 Å². The molecule has 0 bridgehead atoms. The van der Waals surface area contributed by atoms with Gasteiger partial charge in [0.2, 0.25) is 0 Å². The first-order chi connectivity index (χ1) is 4.31. The third-order valence-electron chi connectivity index (χ3n) is 1.11. The molecule has 0 radical (unpaired) electrons. The minimum atomic E-state index is -0.686. The SMILES string of the molecule is ClC1(c2cccs2)N=N1. The Balaban J connectivity index is 2.36. The van der Waals surface area contributed by atoms with Crippen molar-refractivity contribution in [3.8, 4) is 0 Å². The molecule has 1 aliphatic rings. The Hall–Kier alpha value is -0.410. The molecule has 46 valence electrons. The molecule has 9 heavy (non-hydrogen) atoms. The number of halogens is 1. The third-order valence-corrected chi connectivity index (χ3v) is 2.54. The molecular formula is C5H3ClN2S. The average Bonchev–Trinajstić information content (AvgIpc) is 2.46. The van der Waals surface area contributed by atoms with Crippen LogP contribution in [-0.2, 0) is 5.12 Å². The highest BCUT2D eigenvalue weighted by molar-refractivity contribution is 7.10. The molecular weight excluding hydrogens is 156 g/mol. The molecule has 0 aromatic carbocycles. The van der Waals surface area contributed by atoms with Crippen molar-refractivity contribution in [1.82, 2.24) is 0 Å². The second-order valence-electron chi connectivity index (χ2n) is 1.76. The first-order valence-corrected chi connectivity index (χ1v) is 3.74. The fourth-order valence-corrected chi connectivity index (χ4v) is 1.53. The van der Waals surface area contributed by atoms with E-state index in [0.29, 0.717) is 0 Å². The molecule has 0 N–H and O–H groups in total. The van der Waals surface area contributed by atoms with E-state index in [0.717, 1.165) is 4.88 Å². The lowest BCUT2D eigenvalue weighted by atomic mass is 10.4. The molecule has 0 saturated carbocycles. The van der Waals surface area contributed by atoms with Gasteiger partial charge in [-0.15, -0.1) is 21.6 Å². The molecule has 1 aromatic heterocycles. The Labute approximate surface area is 61.2 Å². The number of alkyl halides is 1. The molecule has 0 amide bonds. The Kier molecular flexibility index (Phi) is 0.926. The molecule has 0 unspecified atom stereocenters. The lowest BCUT2D eigenvalue weighted by Crippen LogP contribution is -1.91. The van der Waals surface area contributed by atoms with Crippen molar-refractivity contribution in [2.45, 2.75) is 5.12 Å². The maximum absolute atomic E-state index is 5.79. The highest BCUT2D eigenvalue weighted by Crippen LogP contribution is 2.45. The van der Waals surface area contributed by atoms with Crippen molar-refractivity contribution < 1.29 is 0 Å². The Morgan fingerprint density at radius 3 is 2.78 bits per heavy atom. The summed E-state index contributed by atoms with van der Waals surface area (Å²) >= 11 is 7.36. The summed E-state index contributed by atoms with van der Waals surface area (Å²) < 4.78 is 0. The van der Waals surface area contributed by atoms with Crippen molar-refractivity contribution in [1.29, 1.82) is 0 Å². The summed E-state index contributed by atoms with van der Waals surface area (Å²) in [6, 6.07) is 3.87. The minimum Gasteiger partial charge on any atom is -0.143 e. The van der Waals surface area contributed by atoms with Gasteiger partial charge in [-0.1, -0.05) is 17.7 Å². The largest absolute Gasteiger partial charge is 0.298 e. The number of hydrogen-bond donors (Lipinski definition) is 0. The summed E-state index contributed by atoms with van der Waals surface area (Å²) in [5, 5.41) is 8.63. The standard InChI is InChI=1S/C5H3ClN2S/c6-5(7-8-5)4-2-1-3-9-4/h1-3H. The third kappa shape index (κ3) is 0.767. The fraction of sp³-hybridized carbons (Fsp3) is 0.200. The normalized spacial score (nSPS) is 20.1. The minimum absolute atomic E-state index is 0.686. The van der Waals surface area contributed by atoms with Gasteiger partial charge in [-0.05, 0) is 11.4 Å². The lowest BCUT2D eigenvalue weighted by Gasteiger charge is -1.92. The van der Waals surface area contributed by atoms with Crippen LogP contribution in [-0.4, -0.2) is 0 Å². The summed E-state index contributed by atoms with van der Waals surface area (Å²) in [6.45, 7) is 0. The van der Waals surface area contributed by atoms with Crippen LogP contribution in [0.25, 0.3) is 0 Å². The smallest absolute Gasteiger partial charge is 0.143 e. The van der Waals surface area contributed by atoms with Crippen LogP contribution in [0.3, 0.4) is 0 Å². The summed E-state index contributed by atoms with van der Waals surface area (Å²) in [7, 11) is 0. The molecule has 1 aromatic rings. The second-order valence-corrected chi connectivity index (χ2v) is 3.24. The summed E-state index contributed by atoms with van der Waals surface area (Å²) in [5.74, 6) is 0. The quantitative estimate of drug-likeness (QED) is 0.443. The van der Waals surface area contributed by atoms with E-state index in [9.17, 15) is 0 Å². The Bertz CT molecular complexity index is 235. The highest BCUT2D eigenvalue weighted by Gasteiger charge is 2.40. The van der Waals surface area contributed by atoms with Crippen LogP contribution in [0.15, 0.2) is 27.7 Å². The van der Waals surface area contributed by atoms with E-state index in [1.54, 1.807) is 11.3 Å². The Morgan fingerprint density at radius 1 is 1.56 bits per heavy atom. The van der Waals surface area contributed by atoms with E-state index in [1.807, 2.05) is 17.5 Å². The van der Waals surface area contributed by atoms with Crippen LogP contribution >= 0.6 is 22.9 Å². The monoisotopic (exact) mass is 158 g/mol. The maximum atomic E-state index is 5.79. The van der Waals surface area contributed by atoms with Gasteiger partial charge in [0.05, 0.1) is 4.88 Å². The molecule has 4 heteroatoms. The van der Waals surface area contributed by atoms with E-state index < -0.39 is 5.12 Å². The van der Waals surface area contributed by atoms with Crippen molar-refractivity contribution in [3.05, 3.63) is 22.4 Å². The van der Waals surface area contributed by atoms with Gasteiger partial charge in [-0.25, -0.2) is 0 Å². The van der Waals surface area contributed by atoms with Crippen molar-refractivity contribution >= 4 is 22.9 Å². The van der Waals surface area contributed by atoms with Gasteiger partial charge in [0.1, 0.15) is 0 Å². The van der Waals surface area contributed by atoms with Crippen LogP contribution in [0.2, 0.25) is 0 Å². The molecule has 0 aliphatic carbocycles. The van der Waals surface area contributed by atoms with Crippen LogP contribution in [0.5, 0.6) is 0 Å². The zero-order valence-electron chi connectivity index (χ0n) is 4.41. The maximum Gasteiger partial charge on any atom is 0.298 e. The van der Waals surface area contributed by atoms with Gasteiger partial charge in [0.25, 0.3) is 5.12 Å². The second kappa shape index (κ2) is 1.55. The van der Waals surface area contributed by atoms with Crippen molar-refractivity contribution in [2.75, 3.05) is 0 Å². The number of nitrogens with zero attached hydrogens (tertiary/aromatic N) is 2. The van der Waals surface area contributed by atoms with Crippen LogP contribution in [0.1, 0.15) is 4.88 Å². The van der Waals surface area contributed by atoms with Gasteiger partial charge in [-0.2, -0.15) is 0 Å². The molecule has 0 spiro atoms.